The molecule has 0 saturated heterocycles. The smallest absolute Gasteiger partial charge is 0.413 e. The van der Waals surface area contributed by atoms with Gasteiger partial charge in [0.2, 0.25) is 5.91 Å². The highest BCUT2D eigenvalue weighted by Gasteiger charge is 2.22. The zero-order valence-electron chi connectivity index (χ0n) is 13.6. The van der Waals surface area contributed by atoms with Crippen LogP contribution in [0, 0.1) is 13.8 Å². The lowest BCUT2D eigenvalue weighted by Gasteiger charge is -2.07. The molecule has 1 heterocycles. The fourth-order valence-corrected chi connectivity index (χ4v) is 3.22. The van der Waals surface area contributed by atoms with Crippen LogP contribution >= 0.6 is 11.3 Å². The predicted molar refractivity (Wildman–Crippen MR) is 92.4 cm³/mol. The second kappa shape index (κ2) is 7.74. The molecule has 0 saturated carbocycles. The van der Waals surface area contributed by atoms with Gasteiger partial charge in [-0.15, -0.1) is 11.3 Å². The Morgan fingerprint density at radius 2 is 1.79 bits per heavy atom. The van der Waals surface area contributed by atoms with Gasteiger partial charge in [0.15, 0.2) is 0 Å². The number of aryl methyl sites for hydroxylation is 1. The highest BCUT2D eigenvalue weighted by molar-refractivity contribution is 7.16. The molecule has 0 fully saturated rings. The molecule has 0 unspecified atom stereocenters. The summed E-state index contributed by atoms with van der Waals surface area (Å²) in [5.74, 6) is -0.826. The minimum atomic E-state index is -0.843. The first-order chi connectivity index (χ1) is 11.4. The van der Waals surface area contributed by atoms with Crippen LogP contribution in [-0.2, 0) is 16.0 Å². The molecule has 2 aromatic rings. The van der Waals surface area contributed by atoms with Crippen molar-refractivity contribution in [2.75, 3.05) is 12.4 Å². The van der Waals surface area contributed by atoms with Crippen LogP contribution in [0.2, 0.25) is 0 Å². The van der Waals surface area contributed by atoms with E-state index in [4.69, 9.17) is 0 Å². The van der Waals surface area contributed by atoms with Crippen LogP contribution in [0.1, 0.15) is 26.4 Å². The Morgan fingerprint density at radius 3 is 2.42 bits per heavy atom. The molecule has 126 valence electrons. The van der Waals surface area contributed by atoms with Crippen LogP contribution in [0.25, 0.3) is 0 Å². The van der Waals surface area contributed by atoms with Crippen LogP contribution in [0.5, 0.6) is 0 Å². The Morgan fingerprint density at radius 1 is 1.12 bits per heavy atom. The maximum atomic E-state index is 12.3. The van der Waals surface area contributed by atoms with Gasteiger partial charge in [0.05, 0.1) is 19.1 Å². The van der Waals surface area contributed by atoms with Crippen LogP contribution in [0.4, 0.5) is 9.80 Å². The number of thiophene rings is 1. The molecule has 0 radical (unpaired) electrons. The zero-order chi connectivity index (χ0) is 17.7. The number of benzene rings is 1. The SMILES string of the molecule is COC(=O)NC(=O)c1c(NC(=O)Cc2ccccc2)sc(C)c1C. The van der Waals surface area contributed by atoms with Crippen molar-refractivity contribution >= 4 is 34.2 Å². The van der Waals surface area contributed by atoms with Crippen LogP contribution in [0.3, 0.4) is 0 Å². The van der Waals surface area contributed by atoms with E-state index in [0.29, 0.717) is 5.00 Å². The first-order valence-electron chi connectivity index (χ1n) is 7.25. The van der Waals surface area contributed by atoms with Crippen LogP contribution in [-0.4, -0.2) is 25.0 Å². The minimum absolute atomic E-state index is 0.203. The molecular weight excluding hydrogens is 328 g/mol. The Hall–Kier alpha value is -2.67. The Labute approximate surface area is 143 Å². The number of anilines is 1. The Kier molecular flexibility index (Phi) is 5.70. The average molecular weight is 346 g/mol. The molecule has 0 aliphatic heterocycles. The molecular formula is C17H18N2O4S. The van der Waals surface area contributed by atoms with E-state index in [9.17, 15) is 14.4 Å². The number of alkyl carbamates (subject to hydrolysis) is 1. The van der Waals surface area contributed by atoms with E-state index in [0.717, 1.165) is 16.0 Å². The van der Waals surface area contributed by atoms with Crippen molar-refractivity contribution in [1.29, 1.82) is 0 Å². The first kappa shape index (κ1) is 17.7. The van der Waals surface area contributed by atoms with Crippen molar-refractivity contribution in [3.8, 4) is 0 Å². The fraction of sp³-hybridized carbons (Fsp3) is 0.235. The van der Waals surface area contributed by atoms with E-state index in [-0.39, 0.29) is 17.9 Å². The third-order valence-corrected chi connectivity index (χ3v) is 4.60. The topological polar surface area (TPSA) is 84.5 Å². The molecule has 0 bridgehead atoms. The van der Waals surface area contributed by atoms with Gasteiger partial charge in [-0.25, -0.2) is 4.79 Å². The molecule has 6 nitrogen and oxygen atoms in total. The molecule has 3 amide bonds. The summed E-state index contributed by atoms with van der Waals surface area (Å²) < 4.78 is 4.43. The molecule has 0 aliphatic rings. The van der Waals surface area contributed by atoms with Gasteiger partial charge < -0.3 is 10.1 Å². The van der Waals surface area contributed by atoms with Gasteiger partial charge in [-0.2, -0.15) is 0 Å². The van der Waals surface area contributed by atoms with Crippen molar-refractivity contribution in [2.24, 2.45) is 0 Å². The molecule has 0 spiro atoms. The number of nitrogens with one attached hydrogen (secondary N) is 2. The van der Waals surface area contributed by atoms with Crippen molar-refractivity contribution in [3.05, 3.63) is 51.9 Å². The lowest BCUT2D eigenvalue weighted by molar-refractivity contribution is -0.115. The summed E-state index contributed by atoms with van der Waals surface area (Å²) in [7, 11) is 1.18. The van der Waals surface area contributed by atoms with E-state index in [2.05, 4.69) is 15.4 Å². The summed E-state index contributed by atoms with van der Waals surface area (Å²) in [5.41, 5.74) is 1.88. The van der Waals surface area contributed by atoms with E-state index < -0.39 is 12.0 Å². The normalized spacial score (nSPS) is 10.1. The minimum Gasteiger partial charge on any atom is -0.453 e. The number of carbonyl (C=O) groups excluding carboxylic acids is 3. The van der Waals surface area contributed by atoms with E-state index >= 15 is 0 Å². The number of methoxy groups -OCH3 is 1. The van der Waals surface area contributed by atoms with Crippen molar-refractivity contribution in [2.45, 2.75) is 20.3 Å². The van der Waals surface area contributed by atoms with Crippen molar-refractivity contribution in [3.63, 3.8) is 0 Å². The standard InChI is InChI=1S/C17H18N2O4S/c1-10-11(2)24-16(14(10)15(21)19-17(22)23-3)18-13(20)9-12-7-5-4-6-8-12/h4-8H,9H2,1-3H3,(H,18,20)(H,19,21,22). The molecule has 0 atom stereocenters. The average Bonchev–Trinajstić information content (AvgIpc) is 2.82. The van der Waals surface area contributed by atoms with Gasteiger partial charge in [-0.05, 0) is 25.0 Å². The molecule has 2 rings (SSSR count). The second-order valence-corrected chi connectivity index (χ2v) is 6.37. The highest BCUT2D eigenvalue weighted by atomic mass is 32.1. The Balaban J connectivity index is 2.18. The molecule has 2 N–H and O–H groups in total. The number of imide groups is 1. The lowest BCUT2D eigenvalue weighted by Crippen LogP contribution is -2.31. The quantitative estimate of drug-likeness (QED) is 0.891. The molecule has 0 aliphatic carbocycles. The van der Waals surface area contributed by atoms with Crippen molar-refractivity contribution in [1.82, 2.24) is 5.32 Å². The molecule has 24 heavy (non-hydrogen) atoms. The summed E-state index contributed by atoms with van der Waals surface area (Å²) >= 11 is 1.30. The highest BCUT2D eigenvalue weighted by Crippen LogP contribution is 2.32. The first-order valence-corrected chi connectivity index (χ1v) is 8.07. The molecule has 1 aromatic carbocycles. The third-order valence-electron chi connectivity index (χ3n) is 3.47. The van der Waals surface area contributed by atoms with Gasteiger partial charge in [-0.3, -0.25) is 14.9 Å². The number of rotatable bonds is 4. The number of hydrogen-bond acceptors (Lipinski definition) is 5. The Bertz CT molecular complexity index is 768. The van der Waals surface area contributed by atoms with E-state index in [1.54, 1.807) is 6.92 Å². The maximum absolute atomic E-state index is 12.3. The maximum Gasteiger partial charge on any atom is 0.413 e. The fourth-order valence-electron chi connectivity index (χ4n) is 2.15. The third kappa shape index (κ3) is 4.20. The summed E-state index contributed by atoms with van der Waals surface area (Å²) in [6.45, 7) is 3.62. The predicted octanol–water partition coefficient (Wildman–Crippen LogP) is 3.04. The molecule has 7 heteroatoms. The van der Waals surface area contributed by atoms with E-state index in [1.165, 1.54) is 18.4 Å². The van der Waals surface area contributed by atoms with Gasteiger partial charge in [0, 0.05) is 4.88 Å². The van der Waals surface area contributed by atoms with E-state index in [1.807, 2.05) is 37.3 Å². The zero-order valence-corrected chi connectivity index (χ0v) is 14.5. The lowest BCUT2D eigenvalue weighted by atomic mass is 10.1. The van der Waals surface area contributed by atoms with Crippen molar-refractivity contribution < 1.29 is 19.1 Å². The number of ether oxygens (including phenoxy) is 1. The van der Waals surface area contributed by atoms with Gasteiger partial charge >= 0.3 is 6.09 Å². The summed E-state index contributed by atoms with van der Waals surface area (Å²) in [4.78, 5) is 36.6. The number of carbonyl (C=O) groups is 3. The van der Waals surface area contributed by atoms with Gasteiger partial charge in [-0.1, -0.05) is 30.3 Å². The second-order valence-electron chi connectivity index (χ2n) is 5.14. The van der Waals surface area contributed by atoms with Gasteiger partial charge in [0.1, 0.15) is 5.00 Å². The largest absolute Gasteiger partial charge is 0.453 e. The summed E-state index contributed by atoms with van der Waals surface area (Å²) in [6.07, 6.45) is -0.639. The number of amides is 3. The van der Waals surface area contributed by atoms with Gasteiger partial charge in [0.25, 0.3) is 5.91 Å². The van der Waals surface area contributed by atoms with Crippen LogP contribution < -0.4 is 10.6 Å². The summed E-state index contributed by atoms with van der Waals surface area (Å²) in [6, 6.07) is 9.31. The monoisotopic (exact) mass is 346 g/mol. The van der Waals surface area contributed by atoms with Crippen LogP contribution in [0.15, 0.2) is 30.3 Å². The summed E-state index contributed by atoms with van der Waals surface area (Å²) in [5, 5.41) is 5.30. The molecule has 1 aromatic heterocycles. The number of hydrogen-bond donors (Lipinski definition) is 2.